The number of halogens is 2. The highest BCUT2D eigenvalue weighted by atomic mass is 79.9. The number of aromatic nitrogens is 2. The van der Waals surface area contributed by atoms with Crippen LogP contribution >= 0.6 is 15.9 Å². The number of nitrogens with zero attached hydrogens (tertiary/aromatic N) is 2. The molecule has 0 unspecified atom stereocenters. The fourth-order valence-electron chi connectivity index (χ4n) is 2.06. The Hall–Kier alpha value is -1.49. The third kappa shape index (κ3) is 2.76. The van der Waals surface area contributed by atoms with Crippen molar-refractivity contribution in [2.45, 2.75) is 20.3 Å². The minimum Gasteiger partial charge on any atom is -0.294 e. The zero-order valence-electron chi connectivity index (χ0n) is 11.0. The first-order valence-corrected chi connectivity index (χ1v) is 6.66. The Morgan fingerprint density at radius 3 is 2.63 bits per heavy atom. The van der Waals surface area contributed by atoms with Crippen LogP contribution in [-0.4, -0.2) is 15.6 Å². The number of hydrogen-bond donors (Lipinski definition) is 0. The lowest BCUT2D eigenvalue weighted by Gasteiger charge is -2.06. The first-order valence-electron chi connectivity index (χ1n) is 5.87. The topological polar surface area (TPSA) is 34.9 Å². The highest BCUT2D eigenvalue weighted by Gasteiger charge is 2.17. The maximum absolute atomic E-state index is 13.0. The zero-order chi connectivity index (χ0) is 14.2. The Kier molecular flexibility index (Phi) is 3.85. The molecule has 100 valence electrons. The molecule has 0 radical (unpaired) electrons. The quantitative estimate of drug-likeness (QED) is 0.811. The summed E-state index contributed by atoms with van der Waals surface area (Å²) in [5.74, 6) is -0.368. The van der Waals surface area contributed by atoms with Gasteiger partial charge in [0.1, 0.15) is 5.82 Å². The second kappa shape index (κ2) is 5.25. The molecule has 5 heteroatoms. The predicted molar refractivity (Wildman–Crippen MR) is 74.8 cm³/mol. The molecule has 0 fully saturated rings. The number of hydrogen-bond acceptors (Lipinski definition) is 2. The molecule has 0 N–H and O–H groups in total. The van der Waals surface area contributed by atoms with E-state index in [1.54, 1.807) is 18.7 Å². The first kappa shape index (κ1) is 13.9. The molecule has 2 aromatic rings. The maximum Gasteiger partial charge on any atom is 0.169 e. The van der Waals surface area contributed by atoms with Crippen molar-refractivity contribution < 1.29 is 9.18 Å². The average Bonchev–Trinajstić information content (AvgIpc) is 2.56. The number of ketones is 1. The fourth-order valence-corrected chi connectivity index (χ4v) is 2.54. The van der Waals surface area contributed by atoms with Crippen LogP contribution in [0.25, 0.3) is 0 Å². The monoisotopic (exact) mass is 324 g/mol. The Balaban J connectivity index is 2.31. The third-order valence-electron chi connectivity index (χ3n) is 3.08. The van der Waals surface area contributed by atoms with Gasteiger partial charge < -0.3 is 0 Å². The van der Waals surface area contributed by atoms with E-state index in [9.17, 15) is 9.18 Å². The molecule has 0 saturated heterocycles. The Morgan fingerprint density at radius 2 is 2.11 bits per heavy atom. The highest BCUT2D eigenvalue weighted by molar-refractivity contribution is 9.10. The molecule has 1 aromatic heterocycles. The van der Waals surface area contributed by atoms with Gasteiger partial charge in [0.2, 0.25) is 0 Å². The zero-order valence-corrected chi connectivity index (χ0v) is 12.6. The van der Waals surface area contributed by atoms with Gasteiger partial charge in [-0.2, -0.15) is 5.10 Å². The first-order chi connectivity index (χ1) is 8.90. The predicted octanol–water partition coefficient (Wildman–Crippen LogP) is 3.36. The van der Waals surface area contributed by atoms with Crippen LogP contribution in [0.1, 0.15) is 27.3 Å². The summed E-state index contributed by atoms with van der Waals surface area (Å²) in [7, 11) is 1.80. The van der Waals surface area contributed by atoms with E-state index in [4.69, 9.17) is 0 Å². The van der Waals surface area contributed by atoms with Crippen LogP contribution in [-0.2, 0) is 13.5 Å². The van der Waals surface area contributed by atoms with Crippen molar-refractivity contribution in [1.82, 2.24) is 9.78 Å². The van der Waals surface area contributed by atoms with Crippen molar-refractivity contribution >= 4 is 21.7 Å². The van der Waals surface area contributed by atoms with E-state index in [1.807, 2.05) is 6.92 Å². The molecular formula is C14H14BrFN2O. The normalized spacial score (nSPS) is 10.8. The lowest BCUT2D eigenvalue weighted by molar-refractivity contribution is 0.0990. The van der Waals surface area contributed by atoms with E-state index in [0.29, 0.717) is 11.1 Å². The minimum atomic E-state index is -0.327. The lowest BCUT2D eigenvalue weighted by atomic mass is 10.0. The van der Waals surface area contributed by atoms with Crippen molar-refractivity contribution in [2.24, 2.45) is 7.05 Å². The summed E-state index contributed by atoms with van der Waals surface area (Å²) in [5.41, 5.74) is 2.87. The van der Waals surface area contributed by atoms with Gasteiger partial charge in [0.15, 0.2) is 5.78 Å². The Bertz CT molecular complexity index is 649. The van der Waals surface area contributed by atoms with Crippen molar-refractivity contribution in [3.63, 3.8) is 0 Å². The fraction of sp³-hybridized carbons (Fsp3) is 0.286. The van der Waals surface area contributed by atoms with Gasteiger partial charge in [-0.3, -0.25) is 9.48 Å². The van der Waals surface area contributed by atoms with E-state index < -0.39 is 0 Å². The highest BCUT2D eigenvalue weighted by Crippen LogP contribution is 2.22. The summed E-state index contributed by atoms with van der Waals surface area (Å²) in [6, 6.07) is 4.21. The second-order valence-corrected chi connectivity index (χ2v) is 5.32. The molecule has 0 aliphatic rings. The molecule has 19 heavy (non-hydrogen) atoms. The standard InChI is InChI=1S/C14H14BrFN2O/c1-8-6-10(16)4-5-11(8)13(19)7-12-14(15)9(2)17-18(12)3/h4-6H,7H2,1-3H3. The molecule has 0 saturated carbocycles. The molecule has 1 heterocycles. The molecule has 0 spiro atoms. The molecule has 3 nitrogen and oxygen atoms in total. The number of carbonyl (C=O) groups excluding carboxylic acids is 1. The summed E-state index contributed by atoms with van der Waals surface area (Å²) in [6.45, 7) is 3.61. The second-order valence-electron chi connectivity index (χ2n) is 4.53. The summed E-state index contributed by atoms with van der Waals surface area (Å²) in [4.78, 5) is 12.3. The van der Waals surface area contributed by atoms with Gasteiger partial charge >= 0.3 is 0 Å². The van der Waals surface area contributed by atoms with Crippen LogP contribution in [0, 0.1) is 19.7 Å². The summed E-state index contributed by atoms with van der Waals surface area (Å²) in [5, 5.41) is 4.25. The summed E-state index contributed by atoms with van der Waals surface area (Å²) < 4.78 is 15.6. The smallest absolute Gasteiger partial charge is 0.169 e. The van der Waals surface area contributed by atoms with Crippen molar-refractivity contribution in [3.05, 3.63) is 51.0 Å². The van der Waals surface area contributed by atoms with Gasteiger partial charge in [0.25, 0.3) is 0 Å². The third-order valence-corrected chi connectivity index (χ3v) is 4.11. The largest absolute Gasteiger partial charge is 0.294 e. The van der Waals surface area contributed by atoms with E-state index in [2.05, 4.69) is 21.0 Å². The van der Waals surface area contributed by atoms with Crippen LogP contribution in [0.3, 0.4) is 0 Å². The van der Waals surface area contributed by atoms with Gasteiger partial charge in [0, 0.05) is 12.6 Å². The lowest BCUT2D eigenvalue weighted by Crippen LogP contribution is -2.10. The Labute approximate surface area is 119 Å². The van der Waals surface area contributed by atoms with Crippen molar-refractivity contribution in [2.75, 3.05) is 0 Å². The molecule has 1 aromatic carbocycles. The maximum atomic E-state index is 13.0. The molecule has 0 amide bonds. The number of rotatable bonds is 3. The van der Waals surface area contributed by atoms with Crippen molar-refractivity contribution in [3.8, 4) is 0 Å². The van der Waals surface area contributed by atoms with Gasteiger partial charge in [-0.05, 0) is 53.5 Å². The van der Waals surface area contributed by atoms with Gasteiger partial charge in [0.05, 0.1) is 22.3 Å². The van der Waals surface area contributed by atoms with Crippen LogP contribution < -0.4 is 0 Å². The number of Topliss-reactive ketones (excluding diaryl/α,β-unsaturated/α-hetero) is 1. The Morgan fingerprint density at radius 1 is 1.42 bits per heavy atom. The van der Waals surface area contributed by atoms with Crippen LogP contribution in [0.5, 0.6) is 0 Å². The van der Waals surface area contributed by atoms with Gasteiger partial charge in [-0.15, -0.1) is 0 Å². The molecule has 0 aliphatic carbocycles. The van der Waals surface area contributed by atoms with Crippen molar-refractivity contribution in [1.29, 1.82) is 0 Å². The van der Waals surface area contributed by atoms with Gasteiger partial charge in [-0.25, -0.2) is 4.39 Å². The van der Waals surface area contributed by atoms with Gasteiger partial charge in [-0.1, -0.05) is 0 Å². The van der Waals surface area contributed by atoms with E-state index in [-0.39, 0.29) is 18.0 Å². The summed E-state index contributed by atoms with van der Waals surface area (Å²) in [6.07, 6.45) is 0.240. The average molecular weight is 325 g/mol. The molecule has 0 aliphatic heterocycles. The number of carbonyl (C=O) groups is 1. The van der Waals surface area contributed by atoms with Crippen LogP contribution in [0.15, 0.2) is 22.7 Å². The SMILES string of the molecule is Cc1cc(F)ccc1C(=O)Cc1c(Br)c(C)nn1C. The molecule has 0 bridgehead atoms. The number of aryl methyl sites for hydroxylation is 3. The van der Waals surface area contributed by atoms with E-state index >= 15 is 0 Å². The van der Waals surface area contributed by atoms with Crippen LogP contribution in [0.2, 0.25) is 0 Å². The van der Waals surface area contributed by atoms with Crippen LogP contribution in [0.4, 0.5) is 4.39 Å². The molecular weight excluding hydrogens is 311 g/mol. The summed E-state index contributed by atoms with van der Waals surface area (Å²) >= 11 is 3.44. The molecule has 2 rings (SSSR count). The van der Waals surface area contributed by atoms with E-state index in [1.165, 1.54) is 18.2 Å². The minimum absolute atomic E-state index is 0.0406. The van der Waals surface area contributed by atoms with E-state index in [0.717, 1.165) is 15.9 Å². The molecule has 0 atom stereocenters. The number of benzene rings is 1.